The van der Waals surface area contributed by atoms with Crippen LogP contribution < -0.4 is 5.19 Å². The van der Waals surface area contributed by atoms with Crippen LogP contribution in [0.25, 0.3) is 75.0 Å². The second-order valence-corrected chi connectivity index (χ2v) is 21.3. The third kappa shape index (κ3) is 7.71. The van der Waals surface area contributed by atoms with Crippen LogP contribution in [0.4, 0.5) is 4.39 Å². The summed E-state index contributed by atoms with van der Waals surface area (Å²) in [6, 6.07) is 52.8. The Kier molecular flexibility index (Phi) is 10.0. The summed E-state index contributed by atoms with van der Waals surface area (Å²) in [4.78, 5) is 8.96. The van der Waals surface area contributed by atoms with Crippen molar-refractivity contribution in [3.05, 3.63) is 187 Å². The summed E-state index contributed by atoms with van der Waals surface area (Å²) in [6.45, 7) is 9.11. The first-order valence-electron chi connectivity index (χ1n) is 19.7. The summed E-state index contributed by atoms with van der Waals surface area (Å²) in [7, 11) is -1.23. The van der Waals surface area contributed by atoms with Gasteiger partial charge in [-0.05, 0) is 89.2 Å². The molecule has 0 unspecified atom stereocenters. The number of fused-ring (bicyclic) bond motifs is 7. The summed E-state index contributed by atoms with van der Waals surface area (Å²) in [5.74, 6) is -0.673. The molecule has 0 N–H and O–H groups in total. The molecule has 0 spiro atoms. The van der Waals surface area contributed by atoms with Gasteiger partial charge >= 0.3 is 0 Å². The minimum atomic E-state index is -2.08. The first-order chi connectivity index (χ1) is 28.0. The zero-order chi connectivity index (χ0) is 40.2. The van der Waals surface area contributed by atoms with Crippen molar-refractivity contribution in [1.29, 1.82) is 0 Å². The number of nitrogens with zero attached hydrogens (tertiary/aromatic N) is 2. The van der Waals surface area contributed by atoms with Gasteiger partial charge < -0.3 is 9.97 Å². The fourth-order valence-corrected chi connectivity index (χ4v) is 9.65. The maximum Gasteiger partial charge on any atom is 0.143 e. The van der Waals surface area contributed by atoms with Crippen LogP contribution in [0.15, 0.2) is 152 Å². The number of halogens is 1. The van der Waals surface area contributed by atoms with Crippen molar-refractivity contribution in [1.82, 2.24) is 9.97 Å². The molecule has 0 aliphatic rings. The van der Waals surface area contributed by atoms with Gasteiger partial charge in [-0.15, -0.1) is 59.7 Å². The molecule has 3 aromatic heterocycles. The van der Waals surface area contributed by atoms with Gasteiger partial charge in [0.15, 0.2) is 0 Å². The smallest absolute Gasteiger partial charge is 0.143 e. The summed E-state index contributed by atoms with van der Waals surface area (Å²) >= 11 is 1.68. The second-order valence-electron chi connectivity index (χ2n) is 15.2. The number of thiophene rings is 1. The third-order valence-electron chi connectivity index (χ3n) is 10.3. The summed E-state index contributed by atoms with van der Waals surface area (Å²) in [5.41, 5.74) is 4.93. The number of pyridine rings is 2. The van der Waals surface area contributed by atoms with E-state index in [1.165, 1.54) is 37.0 Å². The molecule has 0 aliphatic carbocycles. The zero-order valence-electron chi connectivity index (χ0n) is 33.9. The van der Waals surface area contributed by atoms with Crippen LogP contribution in [-0.4, -0.2) is 18.0 Å². The van der Waals surface area contributed by atoms with E-state index in [1.807, 2.05) is 72.9 Å². The van der Waals surface area contributed by atoms with Gasteiger partial charge in [-0.1, -0.05) is 122 Å². The van der Waals surface area contributed by atoms with E-state index in [-0.39, 0.29) is 25.7 Å². The monoisotopic (exact) mass is 953 g/mol. The number of aryl methyl sites for hydroxylation is 1. The molecule has 1 radical (unpaired) electrons. The molecule has 0 atom stereocenters. The fraction of sp³-hybridized carbons (Fsp3) is 0.0980. The largest absolute Gasteiger partial charge is 0.305 e. The van der Waals surface area contributed by atoms with E-state index in [9.17, 15) is 0 Å². The molecule has 6 heteroatoms. The average Bonchev–Trinajstić information content (AvgIpc) is 3.63. The number of rotatable bonds is 5. The number of benzene rings is 7. The van der Waals surface area contributed by atoms with Gasteiger partial charge in [0.05, 0.1) is 14.3 Å². The zero-order valence-corrected chi connectivity index (χ0v) is 36.2. The Morgan fingerprint density at radius 1 is 0.614 bits per heavy atom. The topological polar surface area (TPSA) is 25.8 Å². The Bertz CT molecular complexity index is 3160. The Balaban J connectivity index is 0.000000240. The molecular formula is C51H39FIrN2SSi-2. The van der Waals surface area contributed by atoms with Gasteiger partial charge in [0.2, 0.25) is 0 Å². The normalized spacial score (nSPS) is 12.3. The van der Waals surface area contributed by atoms with E-state index in [4.69, 9.17) is 2.74 Å². The summed E-state index contributed by atoms with van der Waals surface area (Å²) < 4.78 is 35.7. The van der Waals surface area contributed by atoms with Gasteiger partial charge in [0.25, 0.3) is 0 Å². The van der Waals surface area contributed by atoms with E-state index in [0.29, 0.717) is 11.3 Å². The summed E-state index contributed by atoms with van der Waals surface area (Å²) in [5, 5.41) is 10.1. The second kappa shape index (κ2) is 15.9. The molecule has 10 aromatic rings. The minimum Gasteiger partial charge on any atom is -0.305 e. The predicted octanol–water partition coefficient (Wildman–Crippen LogP) is 13.5. The van der Waals surface area contributed by atoms with Crippen LogP contribution in [0.5, 0.6) is 0 Å². The van der Waals surface area contributed by atoms with Crippen LogP contribution in [0, 0.1) is 24.9 Å². The van der Waals surface area contributed by atoms with Gasteiger partial charge in [-0.2, -0.15) is 11.3 Å². The van der Waals surface area contributed by atoms with Gasteiger partial charge in [0.1, 0.15) is 5.82 Å². The van der Waals surface area contributed by atoms with Crippen molar-refractivity contribution in [3.63, 3.8) is 0 Å². The van der Waals surface area contributed by atoms with Gasteiger partial charge in [-0.3, -0.25) is 0 Å². The molecule has 7 aromatic carbocycles. The van der Waals surface area contributed by atoms with E-state index < -0.39 is 20.3 Å². The van der Waals surface area contributed by atoms with E-state index in [0.717, 1.165) is 49.3 Å². The van der Waals surface area contributed by atoms with E-state index in [1.54, 1.807) is 23.5 Å². The van der Waals surface area contributed by atoms with Crippen molar-refractivity contribution >= 4 is 77.1 Å². The maximum atomic E-state index is 15.4. The molecule has 0 aliphatic heterocycles. The Labute approximate surface area is 354 Å². The quantitative estimate of drug-likeness (QED) is 0.0976. The van der Waals surface area contributed by atoms with Crippen LogP contribution in [-0.2, 0) is 26.5 Å². The van der Waals surface area contributed by atoms with Crippen LogP contribution >= 0.6 is 11.3 Å². The average molecular weight is 953 g/mol. The molecule has 0 amide bonds. The fourth-order valence-electron chi connectivity index (χ4n) is 7.28. The van der Waals surface area contributed by atoms with Gasteiger partial charge in [-0.25, -0.2) is 4.39 Å². The van der Waals surface area contributed by atoms with E-state index >= 15 is 4.39 Å². The number of aromatic nitrogens is 2. The minimum absolute atomic E-state index is 0. The van der Waals surface area contributed by atoms with Crippen molar-refractivity contribution in [2.45, 2.75) is 32.9 Å². The van der Waals surface area contributed by atoms with Crippen LogP contribution in [0.3, 0.4) is 0 Å². The molecule has 0 fully saturated rings. The Morgan fingerprint density at radius 3 is 2.21 bits per heavy atom. The predicted molar refractivity (Wildman–Crippen MR) is 239 cm³/mol. The summed E-state index contributed by atoms with van der Waals surface area (Å²) in [6.07, 6.45) is 1.08. The van der Waals surface area contributed by atoms with Crippen LogP contribution in [0.2, 0.25) is 19.6 Å². The molecule has 0 bridgehead atoms. The number of hydrogen-bond acceptors (Lipinski definition) is 3. The van der Waals surface area contributed by atoms with Crippen molar-refractivity contribution in [2.24, 2.45) is 0 Å². The van der Waals surface area contributed by atoms with Crippen LogP contribution in [0.1, 0.15) is 19.4 Å². The molecular weight excluding hydrogens is 912 g/mol. The molecule has 3 heterocycles. The Hall–Kier alpha value is -5.36. The molecule has 10 rings (SSSR count). The molecule has 0 saturated heterocycles. The molecule has 281 valence electrons. The Morgan fingerprint density at radius 2 is 1.40 bits per heavy atom. The molecule has 57 heavy (non-hydrogen) atoms. The van der Waals surface area contributed by atoms with Crippen molar-refractivity contribution in [2.75, 3.05) is 0 Å². The third-order valence-corrected chi connectivity index (χ3v) is 13.6. The van der Waals surface area contributed by atoms with Gasteiger partial charge in [0, 0.05) is 40.1 Å². The van der Waals surface area contributed by atoms with Crippen molar-refractivity contribution < 1.29 is 27.2 Å². The standard InChI is InChI=1S/C37H23FNS.C14H16NSi.Ir/c1-22-12-13-24-19-33-26(17-27(24)16-22)14-15-31-30-10-5-11-32(36(30)40-37(31)33)35-20-28(34(38)21-39-35)18-25-8-4-7-23-6-2-3-9-29(23)25;1-16(2,3)13-9-10-14(15-11-13)12-7-5-4-6-8-12;/h2-10,12-17,19-21H,18H2,1H3;4-7,9-11H,1-3H3;/q2*-1;/i18D2;;. The van der Waals surface area contributed by atoms with Crippen molar-refractivity contribution in [3.8, 4) is 22.5 Å². The molecule has 2 nitrogen and oxygen atoms in total. The SMILES string of the molecule is C[Si](C)(C)c1ccc(-c2[c-]cccc2)nc1.[2H]C([2H])(c1cc(-c2[c-]ccc3c2sc2c4cc5ccc(C)cc5cc4ccc32)ncc1F)c1cccc2ccccc12.[Ir]. The number of hydrogen-bond donors (Lipinski definition) is 0. The molecule has 0 saturated carbocycles. The first-order valence-corrected chi connectivity index (χ1v) is 23.1. The van der Waals surface area contributed by atoms with E-state index in [2.05, 4.69) is 109 Å². The first kappa shape index (κ1) is 36.0. The maximum absolute atomic E-state index is 15.4.